The van der Waals surface area contributed by atoms with Crippen molar-refractivity contribution in [3.05, 3.63) is 0 Å². The van der Waals surface area contributed by atoms with Crippen molar-refractivity contribution in [1.82, 2.24) is 0 Å². The monoisotopic (exact) mass is 292 g/mol. The minimum Gasteiger partial charge on any atom is -0.0654 e. The highest BCUT2D eigenvalue weighted by Gasteiger charge is 2.29. The Hall–Kier alpha value is 0. The van der Waals surface area contributed by atoms with Gasteiger partial charge in [0.1, 0.15) is 0 Å². The van der Waals surface area contributed by atoms with Gasteiger partial charge >= 0.3 is 0 Å². The quantitative estimate of drug-likeness (QED) is 0.410. The molecule has 2 fully saturated rings. The lowest BCUT2D eigenvalue weighted by Crippen LogP contribution is -2.25. The van der Waals surface area contributed by atoms with Crippen molar-refractivity contribution >= 4 is 0 Å². The van der Waals surface area contributed by atoms with Crippen LogP contribution in [0.3, 0.4) is 0 Å². The Kier molecular flexibility index (Phi) is 8.19. The van der Waals surface area contributed by atoms with Crippen LogP contribution in [0.1, 0.15) is 110 Å². The minimum absolute atomic E-state index is 1.02. The molecule has 2 aliphatic rings. The van der Waals surface area contributed by atoms with E-state index in [2.05, 4.69) is 13.8 Å². The molecule has 0 aromatic rings. The van der Waals surface area contributed by atoms with Gasteiger partial charge in [-0.2, -0.15) is 0 Å². The van der Waals surface area contributed by atoms with Gasteiger partial charge in [0.25, 0.3) is 0 Å². The lowest BCUT2D eigenvalue weighted by Gasteiger charge is -2.37. The van der Waals surface area contributed by atoms with E-state index >= 15 is 0 Å². The standard InChI is InChI=1S/C21H40/c1-3-4-5-6-7-8-9-19-12-16-21(17-13-19)20-14-10-18(2)11-15-20/h18-21H,3-17H2,1-2H3/t18-,19-,20-,21-. The third-order valence-corrected chi connectivity index (χ3v) is 6.58. The lowest BCUT2D eigenvalue weighted by atomic mass is 9.69. The molecule has 0 bridgehead atoms. The van der Waals surface area contributed by atoms with Crippen LogP contribution in [0.15, 0.2) is 0 Å². The van der Waals surface area contributed by atoms with E-state index in [0.29, 0.717) is 0 Å². The van der Waals surface area contributed by atoms with Gasteiger partial charge in [0.05, 0.1) is 0 Å². The molecule has 2 rings (SSSR count). The second-order valence-corrected chi connectivity index (χ2v) is 8.36. The van der Waals surface area contributed by atoms with E-state index in [1.165, 1.54) is 51.4 Å². The maximum absolute atomic E-state index is 2.45. The third kappa shape index (κ3) is 6.33. The SMILES string of the molecule is CCCCCCCC[C@H]1CC[C@H]([C@H]2CC[C@H](C)CC2)CC1. The van der Waals surface area contributed by atoms with E-state index < -0.39 is 0 Å². The zero-order valence-electron chi connectivity index (χ0n) is 14.9. The summed E-state index contributed by atoms with van der Waals surface area (Å²) in [7, 11) is 0. The van der Waals surface area contributed by atoms with E-state index in [0.717, 1.165) is 23.7 Å². The van der Waals surface area contributed by atoms with Crippen molar-refractivity contribution in [3.63, 3.8) is 0 Å². The molecule has 0 aromatic carbocycles. The number of unbranched alkanes of at least 4 members (excludes halogenated alkanes) is 5. The summed E-state index contributed by atoms with van der Waals surface area (Å²) < 4.78 is 0. The molecule has 0 heteroatoms. The summed E-state index contributed by atoms with van der Waals surface area (Å²) in [5.41, 5.74) is 0. The summed E-state index contributed by atoms with van der Waals surface area (Å²) in [5, 5.41) is 0. The van der Waals surface area contributed by atoms with Gasteiger partial charge < -0.3 is 0 Å². The molecule has 0 nitrogen and oxygen atoms in total. The molecule has 0 atom stereocenters. The highest BCUT2D eigenvalue weighted by molar-refractivity contribution is 4.81. The van der Waals surface area contributed by atoms with E-state index in [1.807, 2.05) is 0 Å². The van der Waals surface area contributed by atoms with Crippen LogP contribution in [0.2, 0.25) is 0 Å². The molecule has 0 amide bonds. The van der Waals surface area contributed by atoms with Crippen LogP contribution in [0.5, 0.6) is 0 Å². The van der Waals surface area contributed by atoms with Gasteiger partial charge in [-0.05, 0) is 49.4 Å². The first-order valence-electron chi connectivity index (χ1n) is 10.3. The van der Waals surface area contributed by atoms with Crippen molar-refractivity contribution in [3.8, 4) is 0 Å². The second kappa shape index (κ2) is 9.90. The molecule has 0 heterocycles. The molecule has 124 valence electrons. The summed E-state index contributed by atoms with van der Waals surface area (Å²) in [4.78, 5) is 0. The molecule has 0 aliphatic heterocycles. The van der Waals surface area contributed by atoms with E-state index in [-0.39, 0.29) is 0 Å². The molecule has 2 aliphatic carbocycles. The summed E-state index contributed by atoms with van der Waals surface area (Å²) in [6.07, 6.45) is 22.7. The number of rotatable bonds is 8. The highest BCUT2D eigenvalue weighted by atomic mass is 14.3. The van der Waals surface area contributed by atoms with Crippen LogP contribution in [0.25, 0.3) is 0 Å². The van der Waals surface area contributed by atoms with Gasteiger partial charge in [-0.25, -0.2) is 0 Å². The normalized spacial score (nSPS) is 34.0. The second-order valence-electron chi connectivity index (χ2n) is 8.36. The van der Waals surface area contributed by atoms with E-state index in [9.17, 15) is 0 Å². The van der Waals surface area contributed by atoms with Gasteiger partial charge in [0, 0.05) is 0 Å². The fraction of sp³-hybridized carbons (Fsp3) is 1.00. The predicted molar refractivity (Wildman–Crippen MR) is 94.6 cm³/mol. The van der Waals surface area contributed by atoms with Crippen LogP contribution >= 0.6 is 0 Å². The maximum Gasteiger partial charge on any atom is -0.0386 e. The first-order chi connectivity index (χ1) is 10.3. The Morgan fingerprint density at radius 2 is 1.14 bits per heavy atom. The van der Waals surface area contributed by atoms with Crippen molar-refractivity contribution < 1.29 is 0 Å². The number of hydrogen-bond acceptors (Lipinski definition) is 0. The summed E-state index contributed by atoms with van der Waals surface area (Å²) >= 11 is 0. The van der Waals surface area contributed by atoms with Gasteiger partial charge in [-0.15, -0.1) is 0 Å². The molecule has 0 saturated heterocycles. The third-order valence-electron chi connectivity index (χ3n) is 6.58. The van der Waals surface area contributed by atoms with Crippen LogP contribution in [-0.4, -0.2) is 0 Å². The van der Waals surface area contributed by atoms with Crippen molar-refractivity contribution in [1.29, 1.82) is 0 Å². The average molecular weight is 293 g/mol. The molecule has 0 N–H and O–H groups in total. The van der Waals surface area contributed by atoms with Gasteiger partial charge in [-0.1, -0.05) is 84.5 Å². The Balaban J connectivity index is 1.52. The van der Waals surface area contributed by atoms with Crippen LogP contribution in [0, 0.1) is 23.7 Å². The Morgan fingerprint density at radius 1 is 0.619 bits per heavy atom. The van der Waals surface area contributed by atoms with Crippen molar-refractivity contribution in [2.24, 2.45) is 23.7 Å². The fourth-order valence-electron chi connectivity index (χ4n) is 4.92. The zero-order valence-corrected chi connectivity index (χ0v) is 14.9. The molecular weight excluding hydrogens is 252 g/mol. The lowest BCUT2D eigenvalue weighted by molar-refractivity contribution is 0.146. The molecule has 0 radical (unpaired) electrons. The summed E-state index contributed by atoms with van der Waals surface area (Å²) in [6.45, 7) is 4.76. The van der Waals surface area contributed by atoms with Gasteiger partial charge in [0.15, 0.2) is 0 Å². The molecule has 21 heavy (non-hydrogen) atoms. The Morgan fingerprint density at radius 3 is 1.76 bits per heavy atom. The first-order valence-corrected chi connectivity index (χ1v) is 10.3. The maximum atomic E-state index is 2.45. The van der Waals surface area contributed by atoms with E-state index in [4.69, 9.17) is 0 Å². The average Bonchev–Trinajstić information content (AvgIpc) is 2.52. The first kappa shape index (κ1) is 17.4. The Bertz CT molecular complexity index is 241. The molecule has 0 aromatic heterocycles. The fourth-order valence-corrected chi connectivity index (χ4v) is 4.92. The molecule has 0 spiro atoms. The Labute approximate surface area is 134 Å². The van der Waals surface area contributed by atoms with Crippen LogP contribution in [-0.2, 0) is 0 Å². The zero-order chi connectivity index (χ0) is 14.9. The van der Waals surface area contributed by atoms with Crippen molar-refractivity contribution in [2.75, 3.05) is 0 Å². The van der Waals surface area contributed by atoms with Crippen molar-refractivity contribution in [2.45, 2.75) is 110 Å². The largest absolute Gasteiger partial charge is 0.0654 e. The molecule has 0 unspecified atom stereocenters. The van der Waals surface area contributed by atoms with Gasteiger partial charge in [0.2, 0.25) is 0 Å². The summed E-state index contributed by atoms with van der Waals surface area (Å²) in [5.74, 6) is 4.33. The topological polar surface area (TPSA) is 0 Å². The molecule has 2 saturated carbocycles. The van der Waals surface area contributed by atoms with Gasteiger partial charge in [-0.3, -0.25) is 0 Å². The predicted octanol–water partition coefficient (Wildman–Crippen LogP) is 7.37. The van der Waals surface area contributed by atoms with Crippen LogP contribution < -0.4 is 0 Å². The molecular formula is C21H40. The van der Waals surface area contributed by atoms with Crippen LogP contribution in [0.4, 0.5) is 0 Å². The smallest absolute Gasteiger partial charge is 0.0386 e. The van der Waals surface area contributed by atoms with E-state index in [1.54, 1.807) is 44.9 Å². The number of hydrogen-bond donors (Lipinski definition) is 0. The summed E-state index contributed by atoms with van der Waals surface area (Å²) in [6, 6.07) is 0. The minimum atomic E-state index is 1.02. The highest BCUT2D eigenvalue weighted by Crippen LogP contribution is 2.42.